The summed E-state index contributed by atoms with van der Waals surface area (Å²) in [4.78, 5) is 57.5. The predicted molar refractivity (Wildman–Crippen MR) is 238 cm³/mol. The smallest absolute Gasteiger partial charge is 0.369 e. The van der Waals surface area contributed by atoms with Crippen LogP contribution in [0.1, 0.15) is 27.8 Å². The first-order chi connectivity index (χ1) is 28.8. The number of benzene rings is 4. The highest BCUT2D eigenvalue weighted by molar-refractivity contribution is 9.10. The van der Waals surface area contributed by atoms with E-state index in [2.05, 4.69) is 51.8 Å². The molecule has 0 bridgehead atoms. The molecule has 0 fully saturated rings. The van der Waals surface area contributed by atoms with Gasteiger partial charge < -0.3 is 45.9 Å². The number of amides is 8. The fourth-order valence-corrected chi connectivity index (χ4v) is 5.03. The van der Waals surface area contributed by atoms with Crippen molar-refractivity contribution < 1.29 is 32.3 Å². The third kappa shape index (κ3) is 21.4. The van der Waals surface area contributed by atoms with Crippen molar-refractivity contribution >= 4 is 98.2 Å². The lowest BCUT2D eigenvalue weighted by Gasteiger charge is -2.06. The quantitative estimate of drug-likeness (QED) is 0.0986. The number of hydrogen-bond donors (Lipinski definition) is 12. The summed E-state index contributed by atoms with van der Waals surface area (Å²) < 4.78 is 37.6. The summed E-state index contributed by atoms with van der Waals surface area (Å²) in [5, 5.41) is 9.17. The molecule has 0 atom stereocenters. The molecule has 332 valence electrons. The normalized spacial score (nSPS) is 11.5. The number of hydrogen-bond acceptors (Lipinski definition) is 8. The van der Waals surface area contributed by atoms with E-state index in [9.17, 15) is 32.3 Å². The fourth-order valence-electron chi connectivity index (χ4n) is 4.33. The van der Waals surface area contributed by atoms with Gasteiger partial charge in [0.1, 0.15) is 0 Å². The summed E-state index contributed by atoms with van der Waals surface area (Å²) in [5.41, 5.74) is 46.3. The van der Waals surface area contributed by atoms with E-state index in [0.29, 0.717) is 16.4 Å². The van der Waals surface area contributed by atoms with E-state index in [1.54, 1.807) is 24.3 Å². The zero-order chi connectivity index (χ0) is 47.3. The van der Waals surface area contributed by atoms with Gasteiger partial charge in [-0.25, -0.2) is 39.1 Å². The first-order valence-electron chi connectivity index (χ1n) is 17.2. The molecule has 0 aromatic heterocycles. The SMILES string of the molecule is Cc1cc(Br)ccc1N=C(N)NC(N)=O.Cc1cc(Cl)ccc1N=C(N)NC(N)=O.Cc1cccc(C)c1N=C(N)NC(N)=O.NC(=O)NC(N)=Nc1ccc(C(F)(F)F)cc1. The van der Waals surface area contributed by atoms with Crippen molar-refractivity contribution in [3.63, 3.8) is 0 Å². The second kappa shape index (κ2) is 25.1. The summed E-state index contributed by atoms with van der Waals surface area (Å²) in [6, 6.07) is 17.3. The van der Waals surface area contributed by atoms with Crippen LogP contribution in [0.4, 0.5) is 55.1 Å². The third-order valence-corrected chi connectivity index (χ3v) is 7.65. The molecule has 0 aliphatic heterocycles. The number of alkyl halides is 3. The lowest BCUT2D eigenvalue weighted by atomic mass is 10.1. The number of nitrogens with two attached hydrogens (primary N) is 8. The Labute approximate surface area is 366 Å². The zero-order valence-corrected chi connectivity index (χ0v) is 35.8. The van der Waals surface area contributed by atoms with Gasteiger partial charge in [-0.3, -0.25) is 21.3 Å². The molecule has 4 aromatic carbocycles. The van der Waals surface area contributed by atoms with Crippen LogP contribution in [0.15, 0.2) is 103 Å². The molecule has 0 saturated carbocycles. The molecule has 4 aromatic rings. The average molecular weight is 950 g/mol. The van der Waals surface area contributed by atoms with Crippen molar-refractivity contribution in [2.45, 2.75) is 33.9 Å². The second-order valence-electron chi connectivity index (χ2n) is 12.1. The van der Waals surface area contributed by atoms with E-state index < -0.39 is 35.9 Å². The van der Waals surface area contributed by atoms with Gasteiger partial charge in [0, 0.05) is 9.50 Å². The average Bonchev–Trinajstić information content (AvgIpc) is 3.12. The van der Waals surface area contributed by atoms with E-state index in [1.165, 1.54) is 0 Å². The standard InChI is InChI=1S/C10H14N4O.C9H11BrN4O.C9H11ClN4O.C9H9F3N4O/c1-6-4-3-5-7(2)8(6)13-9(11)14-10(12)15;2*1-5-4-6(10)2-3-7(5)13-8(11)14-9(12)15;10-9(11,12)5-1-3-6(4-2-5)15-7(13)16-8(14)17/h3-5H,1-2H3,(H5,11,12,13,14,15);2*2-4H,1H3,(H5,11,12,13,14,15);1-4H,(H5,13,14,15,16,17). The summed E-state index contributed by atoms with van der Waals surface area (Å²) >= 11 is 9.10. The number of nitrogens with zero attached hydrogens (tertiary/aromatic N) is 4. The van der Waals surface area contributed by atoms with E-state index in [-0.39, 0.29) is 29.5 Å². The highest BCUT2D eigenvalue weighted by Gasteiger charge is 2.29. The molecular weight excluding hydrogens is 905 g/mol. The van der Waals surface area contributed by atoms with Gasteiger partial charge in [0.15, 0.2) is 0 Å². The molecular formula is C37H45BrClF3N16O4. The van der Waals surface area contributed by atoms with Crippen LogP contribution in [0, 0.1) is 27.7 Å². The number of nitrogens with one attached hydrogen (secondary N) is 4. The number of urea groups is 4. The first kappa shape index (κ1) is 52.4. The predicted octanol–water partition coefficient (Wildman–Crippen LogP) is 4.87. The van der Waals surface area contributed by atoms with Crippen LogP contribution >= 0.6 is 27.5 Å². The molecule has 4 rings (SSSR count). The van der Waals surface area contributed by atoms with Crippen molar-refractivity contribution in [1.29, 1.82) is 0 Å². The number of para-hydroxylation sites is 1. The lowest BCUT2D eigenvalue weighted by Crippen LogP contribution is -2.40. The number of primary amides is 4. The van der Waals surface area contributed by atoms with E-state index in [1.807, 2.05) is 63.3 Å². The number of carbonyl (C=O) groups is 4. The number of guanidine groups is 4. The first-order valence-corrected chi connectivity index (χ1v) is 18.3. The molecule has 0 heterocycles. The van der Waals surface area contributed by atoms with Crippen molar-refractivity contribution in [1.82, 2.24) is 21.3 Å². The zero-order valence-electron chi connectivity index (χ0n) is 33.4. The summed E-state index contributed by atoms with van der Waals surface area (Å²) in [6.07, 6.45) is -4.40. The molecule has 0 saturated heterocycles. The highest BCUT2D eigenvalue weighted by atomic mass is 79.9. The Kier molecular flexibility index (Phi) is 21.2. The molecule has 20 N–H and O–H groups in total. The van der Waals surface area contributed by atoms with Crippen molar-refractivity contribution in [3.8, 4) is 0 Å². The van der Waals surface area contributed by atoms with Gasteiger partial charge >= 0.3 is 30.3 Å². The molecule has 0 unspecified atom stereocenters. The van der Waals surface area contributed by atoms with Crippen LogP contribution in [-0.4, -0.2) is 48.0 Å². The third-order valence-electron chi connectivity index (χ3n) is 6.92. The Morgan fingerprint density at radius 2 is 0.919 bits per heavy atom. The number of carbonyl (C=O) groups excluding carboxylic acids is 4. The largest absolute Gasteiger partial charge is 0.416 e. The topological polar surface area (TPSA) is 374 Å². The maximum atomic E-state index is 12.2. The van der Waals surface area contributed by atoms with Crippen LogP contribution in [0.5, 0.6) is 0 Å². The van der Waals surface area contributed by atoms with Crippen LogP contribution in [0.2, 0.25) is 5.02 Å². The monoisotopic (exact) mass is 948 g/mol. The van der Waals surface area contributed by atoms with Crippen LogP contribution in [0.3, 0.4) is 0 Å². The molecule has 0 spiro atoms. The van der Waals surface area contributed by atoms with Crippen molar-refractivity contribution in [2.24, 2.45) is 65.8 Å². The van der Waals surface area contributed by atoms with E-state index in [0.717, 1.165) is 56.7 Å². The molecule has 8 amide bonds. The molecule has 20 nitrogen and oxygen atoms in total. The molecule has 0 aliphatic carbocycles. The molecule has 62 heavy (non-hydrogen) atoms. The Bertz CT molecular complexity index is 2240. The molecule has 0 aliphatic rings. The molecule has 25 heteroatoms. The van der Waals surface area contributed by atoms with Crippen molar-refractivity contribution in [2.75, 3.05) is 0 Å². The van der Waals surface area contributed by atoms with Gasteiger partial charge in [-0.2, -0.15) is 13.2 Å². The van der Waals surface area contributed by atoms with E-state index >= 15 is 0 Å². The van der Waals surface area contributed by atoms with Gasteiger partial charge in [0.05, 0.1) is 28.3 Å². The minimum Gasteiger partial charge on any atom is -0.369 e. The maximum Gasteiger partial charge on any atom is 0.416 e. The van der Waals surface area contributed by atoms with Gasteiger partial charge in [0.25, 0.3) is 0 Å². The number of aryl methyl sites for hydroxylation is 4. The second-order valence-corrected chi connectivity index (χ2v) is 13.4. The van der Waals surface area contributed by atoms with Crippen LogP contribution in [-0.2, 0) is 6.18 Å². The van der Waals surface area contributed by atoms with Gasteiger partial charge in [-0.05, 0) is 111 Å². The van der Waals surface area contributed by atoms with Gasteiger partial charge in [-0.1, -0.05) is 45.7 Å². The molecule has 0 radical (unpaired) electrons. The summed E-state index contributed by atoms with van der Waals surface area (Å²) in [6.45, 7) is 7.57. The lowest BCUT2D eigenvalue weighted by molar-refractivity contribution is -0.137. The Balaban J connectivity index is 0.000000414. The van der Waals surface area contributed by atoms with Gasteiger partial charge in [0.2, 0.25) is 23.8 Å². The summed E-state index contributed by atoms with van der Waals surface area (Å²) in [7, 11) is 0. The Morgan fingerprint density at radius 3 is 1.31 bits per heavy atom. The Hall–Kier alpha value is -7.60. The fraction of sp³-hybridized carbons (Fsp3) is 0.135. The maximum absolute atomic E-state index is 12.2. The van der Waals surface area contributed by atoms with E-state index in [4.69, 9.17) is 57.5 Å². The Morgan fingerprint density at radius 1 is 0.532 bits per heavy atom. The number of rotatable bonds is 4. The summed E-state index contributed by atoms with van der Waals surface area (Å²) in [5.74, 6) is -0.363. The minimum atomic E-state index is -4.40. The number of aliphatic imine (C=N–C) groups is 4. The van der Waals surface area contributed by atoms with Crippen molar-refractivity contribution in [3.05, 3.63) is 116 Å². The van der Waals surface area contributed by atoms with Crippen LogP contribution in [0.25, 0.3) is 0 Å². The number of halogens is 5. The highest BCUT2D eigenvalue weighted by Crippen LogP contribution is 2.30. The van der Waals surface area contributed by atoms with Crippen LogP contribution < -0.4 is 67.1 Å². The van der Waals surface area contributed by atoms with Gasteiger partial charge in [-0.15, -0.1) is 0 Å². The minimum absolute atomic E-state index is 0.0000926.